The van der Waals surface area contributed by atoms with E-state index in [1.54, 1.807) is 18.2 Å². The van der Waals surface area contributed by atoms with Gasteiger partial charge in [-0.25, -0.2) is 4.79 Å². The topological polar surface area (TPSA) is 64.6 Å². The Balaban J connectivity index is 2.22. The van der Waals surface area contributed by atoms with Crippen LogP contribution in [0.4, 0.5) is 5.69 Å². The number of amides is 1. The number of benzene rings is 1. The molecule has 1 N–H and O–H groups in total. The zero-order valence-corrected chi connectivity index (χ0v) is 14.3. The third-order valence-corrected chi connectivity index (χ3v) is 4.26. The maximum Gasteiger partial charge on any atom is 0.341 e. The first kappa shape index (κ1) is 17.3. The Bertz CT molecular complexity index is 589. The first-order valence-corrected chi connectivity index (χ1v) is 8.06. The van der Waals surface area contributed by atoms with Crippen molar-refractivity contribution in [1.29, 1.82) is 0 Å². The van der Waals surface area contributed by atoms with Crippen molar-refractivity contribution in [2.75, 3.05) is 12.4 Å². The fourth-order valence-corrected chi connectivity index (χ4v) is 2.90. The number of carbonyl (C=O) groups excluding carboxylic acids is 2. The quantitative estimate of drug-likeness (QED) is 0.839. The molecule has 5 heteroatoms. The van der Waals surface area contributed by atoms with Gasteiger partial charge in [-0.05, 0) is 44.9 Å². The molecule has 0 spiro atoms. The lowest BCUT2D eigenvalue weighted by atomic mass is 9.88. The minimum Gasteiger partial charge on any atom is -0.490 e. The SMILES string of the molecule is COC(=O)c1cc(NC(=O)C2(C)CCCC2)ccc1OC(C)C. The molecule has 0 aromatic heterocycles. The summed E-state index contributed by atoms with van der Waals surface area (Å²) in [6.45, 7) is 5.77. The van der Waals surface area contributed by atoms with Crippen LogP contribution in [0.2, 0.25) is 0 Å². The highest BCUT2D eigenvalue weighted by atomic mass is 16.5. The predicted octanol–water partition coefficient (Wildman–Crippen LogP) is 3.78. The third kappa shape index (κ3) is 4.03. The summed E-state index contributed by atoms with van der Waals surface area (Å²) < 4.78 is 10.4. The van der Waals surface area contributed by atoms with Crippen LogP contribution < -0.4 is 10.1 Å². The zero-order chi connectivity index (χ0) is 17.0. The zero-order valence-electron chi connectivity index (χ0n) is 14.3. The van der Waals surface area contributed by atoms with Crippen LogP contribution in [0.5, 0.6) is 5.75 Å². The number of hydrogen-bond donors (Lipinski definition) is 1. The Kier molecular flexibility index (Phi) is 5.29. The minimum atomic E-state index is -0.483. The van der Waals surface area contributed by atoms with E-state index < -0.39 is 5.97 Å². The van der Waals surface area contributed by atoms with Gasteiger partial charge >= 0.3 is 5.97 Å². The molecule has 23 heavy (non-hydrogen) atoms. The molecule has 1 aliphatic carbocycles. The van der Waals surface area contributed by atoms with E-state index in [0.717, 1.165) is 25.7 Å². The van der Waals surface area contributed by atoms with Crippen LogP contribution in [0.15, 0.2) is 18.2 Å². The fourth-order valence-electron chi connectivity index (χ4n) is 2.90. The molecule has 2 rings (SSSR count). The van der Waals surface area contributed by atoms with Gasteiger partial charge in [0, 0.05) is 11.1 Å². The van der Waals surface area contributed by atoms with E-state index in [1.165, 1.54) is 7.11 Å². The summed E-state index contributed by atoms with van der Waals surface area (Å²) in [7, 11) is 1.33. The van der Waals surface area contributed by atoms with Gasteiger partial charge in [0.05, 0.1) is 13.2 Å². The molecule has 0 atom stereocenters. The van der Waals surface area contributed by atoms with Crippen LogP contribution in [-0.2, 0) is 9.53 Å². The second-order valence-corrected chi connectivity index (χ2v) is 6.59. The molecule has 0 unspecified atom stereocenters. The molecule has 0 radical (unpaired) electrons. The molecule has 126 valence electrons. The number of methoxy groups -OCH3 is 1. The first-order valence-electron chi connectivity index (χ1n) is 8.06. The van der Waals surface area contributed by atoms with E-state index in [9.17, 15) is 9.59 Å². The van der Waals surface area contributed by atoms with Crippen molar-refractivity contribution < 1.29 is 19.1 Å². The number of hydrogen-bond acceptors (Lipinski definition) is 4. The number of ether oxygens (including phenoxy) is 2. The second-order valence-electron chi connectivity index (χ2n) is 6.59. The van der Waals surface area contributed by atoms with E-state index in [0.29, 0.717) is 17.0 Å². The molecule has 1 aromatic carbocycles. The van der Waals surface area contributed by atoms with Crippen LogP contribution in [0, 0.1) is 5.41 Å². The summed E-state index contributed by atoms with van der Waals surface area (Å²) in [4.78, 5) is 24.4. The highest BCUT2D eigenvalue weighted by Gasteiger charge is 2.36. The van der Waals surface area contributed by atoms with E-state index in [1.807, 2.05) is 20.8 Å². The Morgan fingerprint density at radius 2 is 1.87 bits per heavy atom. The fraction of sp³-hybridized carbons (Fsp3) is 0.556. The number of esters is 1. The van der Waals surface area contributed by atoms with Crippen molar-refractivity contribution in [1.82, 2.24) is 0 Å². The average Bonchev–Trinajstić information content (AvgIpc) is 2.95. The van der Waals surface area contributed by atoms with Crippen LogP contribution >= 0.6 is 0 Å². The normalized spacial score (nSPS) is 16.2. The molecule has 1 saturated carbocycles. The van der Waals surface area contributed by atoms with Crippen LogP contribution in [-0.4, -0.2) is 25.1 Å². The summed E-state index contributed by atoms with van der Waals surface area (Å²) in [5.41, 5.74) is 0.577. The Morgan fingerprint density at radius 1 is 1.22 bits per heavy atom. The highest BCUT2D eigenvalue weighted by molar-refractivity contribution is 5.98. The molecular formula is C18H25NO4. The third-order valence-electron chi connectivity index (χ3n) is 4.26. The lowest BCUT2D eigenvalue weighted by molar-refractivity contribution is -0.124. The van der Waals surface area contributed by atoms with Crippen molar-refractivity contribution in [3.8, 4) is 5.75 Å². The van der Waals surface area contributed by atoms with Crippen molar-refractivity contribution in [3.63, 3.8) is 0 Å². The van der Waals surface area contributed by atoms with Crippen molar-refractivity contribution in [2.24, 2.45) is 5.41 Å². The molecule has 0 bridgehead atoms. The van der Waals surface area contributed by atoms with Gasteiger partial charge in [-0.1, -0.05) is 19.8 Å². The first-order chi connectivity index (χ1) is 10.9. The number of anilines is 1. The summed E-state index contributed by atoms with van der Waals surface area (Å²) in [6.07, 6.45) is 3.90. The molecule has 0 heterocycles. The molecule has 1 fully saturated rings. The van der Waals surface area contributed by atoms with Crippen LogP contribution in [0.1, 0.15) is 56.8 Å². The number of carbonyl (C=O) groups is 2. The highest BCUT2D eigenvalue weighted by Crippen LogP contribution is 2.38. The molecule has 1 aliphatic rings. The molecule has 0 aliphatic heterocycles. The van der Waals surface area contributed by atoms with Gasteiger partial charge in [0.1, 0.15) is 11.3 Å². The van der Waals surface area contributed by atoms with Crippen molar-refractivity contribution in [3.05, 3.63) is 23.8 Å². The van der Waals surface area contributed by atoms with Gasteiger partial charge in [0.15, 0.2) is 0 Å². The second kappa shape index (κ2) is 7.02. The van der Waals surface area contributed by atoms with E-state index >= 15 is 0 Å². The van der Waals surface area contributed by atoms with Gasteiger partial charge in [-0.2, -0.15) is 0 Å². The largest absolute Gasteiger partial charge is 0.490 e. The lowest BCUT2D eigenvalue weighted by Crippen LogP contribution is -2.30. The van der Waals surface area contributed by atoms with Gasteiger partial charge < -0.3 is 14.8 Å². The molecule has 1 amide bonds. The molecular weight excluding hydrogens is 294 g/mol. The van der Waals surface area contributed by atoms with Gasteiger partial charge in [0.25, 0.3) is 0 Å². The van der Waals surface area contributed by atoms with Gasteiger partial charge in [-0.15, -0.1) is 0 Å². The van der Waals surface area contributed by atoms with Crippen LogP contribution in [0.3, 0.4) is 0 Å². The Labute approximate surface area is 137 Å². The van der Waals surface area contributed by atoms with Crippen LogP contribution in [0.25, 0.3) is 0 Å². The smallest absolute Gasteiger partial charge is 0.341 e. The van der Waals surface area contributed by atoms with E-state index in [2.05, 4.69) is 5.32 Å². The summed E-state index contributed by atoms with van der Waals surface area (Å²) in [5.74, 6) is -0.0240. The van der Waals surface area contributed by atoms with Crippen molar-refractivity contribution in [2.45, 2.75) is 52.6 Å². The molecule has 0 saturated heterocycles. The monoisotopic (exact) mass is 319 g/mol. The van der Waals surface area contributed by atoms with E-state index in [-0.39, 0.29) is 17.4 Å². The number of nitrogens with one attached hydrogen (secondary N) is 1. The lowest BCUT2D eigenvalue weighted by Gasteiger charge is -2.22. The Hall–Kier alpha value is -2.04. The molecule has 5 nitrogen and oxygen atoms in total. The average molecular weight is 319 g/mol. The standard InChI is InChI=1S/C18H25NO4/c1-12(2)23-15-8-7-13(11-14(15)16(20)22-4)19-17(21)18(3)9-5-6-10-18/h7-8,11-12H,5-6,9-10H2,1-4H3,(H,19,21). The maximum absolute atomic E-state index is 12.5. The predicted molar refractivity (Wildman–Crippen MR) is 88.8 cm³/mol. The summed E-state index contributed by atoms with van der Waals surface area (Å²) in [6, 6.07) is 5.05. The Morgan fingerprint density at radius 3 is 2.43 bits per heavy atom. The van der Waals surface area contributed by atoms with Crippen molar-refractivity contribution >= 4 is 17.6 Å². The van der Waals surface area contributed by atoms with Gasteiger partial charge in [0.2, 0.25) is 5.91 Å². The summed E-state index contributed by atoms with van der Waals surface area (Å²) >= 11 is 0. The minimum absolute atomic E-state index is 0.00310. The van der Waals surface area contributed by atoms with E-state index in [4.69, 9.17) is 9.47 Å². The summed E-state index contributed by atoms with van der Waals surface area (Å²) in [5, 5.41) is 2.92. The molecule has 1 aromatic rings. The van der Waals surface area contributed by atoms with Gasteiger partial charge in [-0.3, -0.25) is 4.79 Å². The number of rotatable bonds is 5. The maximum atomic E-state index is 12.5.